The summed E-state index contributed by atoms with van der Waals surface area (Å²) < 4.78 is 26.9. The summed E-state index contributed by atoms with van der Waals surface area (Å²) in [6.07, 6.45) is 1.10. The summed E-state index contributed by atoms with van der Waals surface area (Å²) in [7, 11) is -3.43. The first-order chi connectivity index (χ1) is 9.45. The second-order valence-corrected chi connectivity index (χ2v) is 7.18. The number of anilines is 1. The van der Waals surface area contributed by atoms with Crippen LogP contribution >= 0.6 is 0 Å². The standard InChI is InChI=1S/C14H23N3O2S/c1-3-6-16-7-9-17(10-8-16)20(18,19)14-11-13(15)5-4-12(14)2/h4-5,11H,3,6-10,15H2,1-2H3. The zero-order valence-corrected chi connectivity index (χ0v) is 13.0. The number of benzene rings is 1. The minimum absolute atomic E-state index is 0.335. The summed E-state index contributed by atoms with van der Waals surface area (Å²) in [6.45, 7) is 7.68. The van der Waals surface area contributed by atoms with Crippen molar-refractivity contribution in [2.75, 3.05) is 38.5 Å². The summed E-state index contributed by atoms with van der Waals surface area (Å²) >= 11 is 0. The van der Waals surface area contributed by atoms with Crippen molar-refractivity contribution in [3.63, 3.8) is 0 Å². The van der Waals surface area contributed by atoms with E-state index in [0.717, 1.165) is 31.6 Å². The molecular weight excluding hydrogens is 274 g/mol. The largest absolute Gasteiger partial charge is 0.399 e. The number of hydrogen-bond acceptors (Lipinski definition) is 4. The first-order valence-corrected chi connectivity index (χ1v) is 8.48. The van der Waals surface area contributed by atoms with Gasteiger partial charge in [0.1, 0.15) is 0 Å². The zero-order valence-electron chi connectivity index (χ0n) is 12.2. The number of piperazine rings is 1. The molecule has 2 rings (SSSR count). The first kappa shape index (κ1) is 15.3. The smallest absolute Gasteiger partial charge is 0.243 e. The zero-order chi connectivity index (χ0) is 14.8. The summed E-state index contributed by atoms with van der Waals surface area (Å²) in [5.74, 6) is 0. The van der Waals surface area contributed by atoms with Crippen molar-refractivity contribution in [2.24, 2.45) is 0 Å². The molecule has 0 unspecified atom stereocenters. The fourth-order valence-corrected chi connectivity index (χ4v) is 4.23. The molecule has 0 spiro atoms. The average molecular weight is 297 g/mol. The summed E-state index contributed by atoms with van der Waals surface area (Å²) in [5.41, 5.74) is 6.95. The Hall–Kier alpha value is -1.11. The fraction of sp³-hybridized carbons (Fsp3) is 0.571. The molecule has 0 amide bonds. The number of nitrogens with zero attached hydrogens (tertiary/aromatic N) is 2. The Kier molecular flexibility index (Phi) is 4.67. The van der Waals surface area contributed by atoms with Gasteiger partial charge in [0.25, 0.3) is 0 Å². The molecule has 5 nitrogen and oxygen atoms in total. The number of nitrogens with two attached hydrogens (primary N) is 1. The molecular formula is C14H23N3O2S. The lowest BCUT2D eigenvalue weighted by Gasteiger charge is -2.34. The molecule has 0 atom stereocenters. The molecule has 1 aliphatic heterocycles. The Morgan fingerprint density at radius 2 is 1.85 bits per heavy atom. The number of hydrogen-bond donors (Lipinski definition) is 1. The van der Waals surface area contributed by atoms with E-state index in [1.807, 2.05) is 0 Å². The van der Waals surface area contributed by atoms with E-state index >= 15 is 0 Å². The highest BCUT2D eigenvalue weighted by molar-refractivity contribution is 7.89. The average Bonchev–Trinajstić information content (AvgIpc) is 2.42. The van der Waals surface area contributed by atoms with Gasteiger partial charge in [-0.3, -0.25) is 0 Å². The second-order valence-electron chi connectivity index (χ2n) is 5.27. The molecule has 1 saturated heterocycles. The van der Waals surface area contributed by atoms with E-state index in [0.29, 0.717) is 23.7 Å². The molecule has 1 aliphatic rings. The highest BCUT2D eigenvalue weighted by atomic mass is 32.2. The number of nitrogen functional groups attached to an aromatic ring is 1. The Morgan fingerprint density at radius 3 is 2.45 bits per heavy atom. The van der Waals surface area contributed by atoms with E-state index in [-0.39, 0.29) is 0 Å². The topological polar surface area (TPSA) is 66.6 Å². The Bertz CT molecular complexity index is 564. The fourth-order valence-electron chi connectivity index (χ4n) is 2.54. The highest BCUT2D eigenvalue weighted by Gasteiger charge is 2.29. The predicted octanol–water partition coefficient (Wildman–Crippen LogP) is 1.29. The molecule has 1 heterocycles. The van der Waals surface area contributed by atoms with Crippen LogP contribution in [0.3, 0.4) is 0 Å². The molecule has 20 heavy (non-hydrogen) atoms. The third kappa shape index (κ3) is 3.13. The van der Waals surface area contributed by atoms with Crippen LogP contribution in [0.4, 0.5) is 5.69 Å². The van der Waals surface area contributed by atoms with Gasteiger partial charge >= 0.3 is 0 Å². The molecule has 1 aromatic carbocycles. The van der Waals surface area contributed by atoms with Crippen LogP contribution in [0.25, 0.3) is 0 Å². The lowest BCUT2D eigenvalue weighted by molar-refractivity contribution is 0.188. The van der Waals surface area contributed by atoms with Crippen LogP contribution in [0.2, 0.25) is 0 Å². The van der Waals surface area contributed by atoms with Crippen molar-refractivity contribution in [1.29, 1.82) is 0 Å². The summed E-state index contributed by atoms with van der Waals surface area (Å²) in [5, 5.41) is 0. The third-order valence-electron chi connectivity index (χ3n) is 3.70. The molecule has 6 heteroatoms. The molecule has 1 aromatic rings. The lowest BCUT2D eigenvalue weighted by Crippen LogP contribution is -2.48. The van der Waals surface area contributed by atoms with Crippen molar-refractivity contribution in [1.82, 2.24) is 9.21 Å². The van der Waals surface area contributed by atoms with Crippen LogP contribution in [-0.2, 0) is 10.0 Å². The maximum absolute atomic E-state index is 12.7. The van der Waals surface area contributed by atoms with E-state index in [9.17, 15) is 8.42 Å². The monoisotopic (exact) mass is 297 g/mol. The van der Waals surface area contributed by atoms with E-state index in [2.05, 4.69) is 11.8 Å². The Labute approximate surface area is 121 Å². The molecule has 2 N–H and O–H groups in total. The van der Waals surface area contributed by atoms with Gasteiger partial charge in [-0.05, 0) is 37.6 Å². The molecule has 0 bridgehead atoms. The van der Waals surface area contributed by atoms with Gasteiger partial charge in [0, 0.05) is 31.9 Å². The SMILES string of the molecule is CCCN1CCN(S(=O)(=O)c2cc(N)ccc2C)CC1. The van der Waals surface area contributed by atoms with E-state index in [1.54, 1.807) is 29.4 Å². The minimum atomic E-state index is -3.43. The molecule has 1 fully saturated rings. The predicted molar refractivity (Wildman–Crippen MR) is 81.1 cm³/mol. The van der Waals surface area contributed by atoms with Crippen molar-refractivity contribution in [3.05, 3.63) is 23.8 Å². The van der Waals surface area contributed by atoms with Crippen LogP contribution in [0.1, 0.15) is 18.9 Å². The molecule has 0 aromatic heterocycles. The summed E-state index contributed by atoms with van der Waals surface area (Å²) in [6, 6.07) is 5.05. The Balaban J connectivity index is 2.18. The lowest BCUT2D eigenvalue weighted by atomic mass is 10.2. The van der Waals surface area contributed by atoms with E-state index in [4.69, 9.17) is 5.73 Å². The van der Waals surface area contributed by atoms with Crippen LogP contribution in [-0.4, -0.2) is 50.3 Å². The van der Waals surface area contributed by atoms with Crippen molar-refractivity contribution in [2.45, 2.75) is 25.2 Å². The highest BCUT2D eigenvalue weighted by Crippen LogP contribution is 2.23. The minimum Gasteiger partial charge on any atom is -0.399 e. The van der Waals surface area contributed by atoms with Gasteiger partial charge in [0.2, 0.25) is 10.0 Å². The van der Waals surface area contributed by atoms with Gasteiger partial charge in [0.05, 0.1) is 4.90 Å². The van der Waals surface area contributed by atoms with Gasteiger partial charge in [0.15, 0.2) is 0 Å². The normalized spacial score (nSPS) is 18.3. The van der Waals surface area contributed by atoms with Gasteiger partial charge in [-0.2, -0.15) is 4.31 Å². The third-order valence-corrected chi connectivity index (χ3v) is 5.74. The van der Waals surface area contributed by atoms with Crippen LogP contribution < -0.4 is 5.73 Å². The molecule has 112 valence electrons. The van der Waals surface area contributed by atoms with Gasteiger partial charge < -0.3 is 10.6 Å². The first-order valence-electron chi connectivity index (χ1n) is 7.03. The summed E-state index contributed by atoms with van der Waals surface area (Å²) in [4.78, 5) is 2.64. The van der Waals surface area contributed by atoms with Gasteiger partial charge in [-0.15, -0.1) is 0 Å². The van der Waals surface area contributed by atoms with Crippen molar-refractivity contribution < 1.29 is 8.42 Å². The number of aryl methyl sites for hydroxylation is 1. The van der Waals surface area contributed by atoms with E-state index < -0.39 is 10.0 Å². The van der Waals surface area contributed by atoms with Crippen molar-refractivity contribution >= 4 is 15.7 Å². The molecule has 0 saturated carbocycles. The maximum Gasteiger partial charge on any atom is 0.243 e. The van der Waals surface area contributed by atoms with Gasteiger partial charge in [-0.1, -0.05) is 13.0 Å². The number of rotatable bonds is 4. The Morgan fingerprint density at radius 1 is 1.20 bits per heavy atom. The van der Waals surface area contributed by atoms with Crippen LogP contribution in [0.15, 0.2) is 23.1 Å². The van der Waals surface area contributed by atoms with Crippen molar-refractivity contribution in [3.8, 4) is 0 Å². The second kappa shape index (κ2) is 6.11. The maximum atomic E-state index is 12.7. The quantitative estimate of drug-likeness (QED) is 0.851. The molecule has 0 aliphatic carbocycles. The molecule has 0 radical (unpaired) electrons. The van der Waals surface area contributed by atoms with Crippen LogP contribution in [0.5, 0.6) is 0 Å². The van der Waals surface area contributed by atoms with Crippen LogP contribution in [0, 0.1) is 6.92 Å². The van der Waals surface area contributed by atoms with E-state index in [1.165, 1.54) is 0 Å². The number of sulfonamides is 1. The van der Waals surface area contributed by atoms with Gasteiger partial charge in [-0.25, -0.2) is 8.42 Å².